The van der Waals surface area contributed by atoms with Crippen molar-refractivity contribution in [3.63, 3.8) is 0 Å². The van der Waals surface area contributed by atoms with Crippen molar-refractivity contribution in [2.75, 3.05) is 19.7 Å². The third kappa shape index (κ3) is 7.12. The first kappa shape index (κ1) is 21.7. The van der Waals surface area contributed by atoms with Crippen molar-refractivity contribution in [1.29, 1.82) is 0 Å². The normalized spacial score (nSPS) is 11.0. The van der Waals surface area contributed by atoms with E-state index in [4.69, 9.17) is 0 Å². The van der Waals surface area contributed by atoms with Crippen LogP contribution >= 0.6 is 0 Å². The number of esters is 1. The van der Waals surface area contributed by atoms with Crippen LogP contribution in [0.15, 0.2) is 24.3 Å². The average Bonchev–Trinajstić information content (AvgIpc) is 3.08. The standard InChI is InChI=1S/C16H16F3N5O5/c17-16(18,19)8-21-15(28)22-11(25)7-29-12(26)5-6-20-14(27)13-9-3-1-2-4-10(9)23-24-13/h1-4H,5-8H2,(H,20,27)(H,23,24)(H2,21,22,25,28). The van der Waals surface area contributed by atoms with Gasteiger partial charge in [0.15, 0.2) is 12.3 Å². The molecule has 0 unspecified atom stereocenters. The van der Waals surface area contributed by atoms with E-state index in [1.165, 1.54) is 5.32 Å². The fourth-order valence-electron chi connectivity index (χ4n) is 2.10. The fraction of sp³-hybridized carbons (Fsp3) is 0.312. The molecule has 0 fully saturated rings. The number of benzene rings is 1. The van der Waals surface area contributed by atoms with Gasteiger partial charge < -0.3 is 15.4 Å². The van der Waals surface area contributed by atoms with Gasteiger partial charge in [0, 0.05) is 11.9 Å². The quantitative estimate of drug-likeness (QED) is 0.488. The summed E-state index contributed by atoms with van der Waals surface area (Å²) in [5.41, 5.74) is 0.820. The van der Waals surface area contributed by atoms with Crippen molar-refractivity contribution in [2.45, 2.75) is 12.6 Å². The molecule has 1 aromatic carbocycles. The summed E-state index contributed by atoms with van der Waals surface area (Å²) in [7, 11) is 0. The van der Waals surface area contributed by atoms with E-state index in [0.717, 1.165) is 0 Å². The number of para-hydroxylation sites is 1. The lowest BCUT2D eigenvalue weighted by Crippen LogP contribution is -2.44. The molecule has 0 radical (unpaired) electrons. The van der Waals surface area contributed by atoms with E-state index < -0.39 is 43.1 Å². The molecule has 2 aromatic rings. The number of carbonyl (C=O) groups excluding carboxylic acids is 4. The predicted octanol–water partition coefficient (Wildman–Crippen LogP) is 0.614. The van der Waals surface area contributed by atoms with Crippen molar-refractivity contribution in [3.8, 4) is 0 Å². The highest BCUT2D eigenvalue weighted by molar-refractivity contribution is 6.04. The van der Waals surface area contributed by atoms with Gasteiger partial charge in [0.05, 0.1) is 11.9 Å². The molecule has 0 saturated heterocycles. The number of alkyl halides is 3. The number of urea groups is 1. The van der Waals surface area contributed by atoms with E-state index in [0.29, 0.717) is 10.9 Å². The average molecular weight is 415 g/mol. The topological polar surface area (TPSA) is 142 Å². The lowest BCUT2D eigenvalue weighted by atomic mass is 10.2. The van der Waals surface area contributed by atoms with Crippen LogP contribution in [0.25, 0.3) is 10.9 Å². The molecule has 4 N–H and O–H groups in total. The number of imide groups is 1. The monoisotopic (exact) mass is 415 g/mol. The van der Waals surface area contributed by atoms with Gasteiger partial charge in [0.2, 0.25) is 0 Å². The number of ether oxygens (including phenoxy) is 1. The fourth-order valence-corrected chi connectivity index (χ4v) is 2.10. The van der Waals surface area contributed by atoms with Crippen LogP contribution in [0, 0.1) is 0 Å². The third-order valence-electron chi connectivity index (χ3n) is 3.37. The second-order valence-corrected chi connectivity index (χ2v) is 5.63. The van der Waals surface area contributed by atoms with Gasteiger partial charge >= 0.3 is 18.2 Å². The van der Waals surface area contributed by atoms with Crippen molar-refractivity contribution >= 4 is 34.7 Å². The summed E-state index contributed by atoms with van der Waals surface area (Å²) in [6, 6.07) is 5.58. The molecule has 13 heteroatoms. The van der Waals surface area contributed by atoms with Crippen LogP contribution in [-0.4, -0.2) is 59.9 Å². The number of carbonyl (C=O) groups is 4. The SMILES string of the molecule is O=C(COC(=O)CCNC(=O)c1n[nH]c2ccccc12)NC(=O)NCC(F)(F)F. The Morgan fingerprint density at radius 2 is 1.83 bits per heavy atom. The van der Waals surface area contributed by atoms with Crippen LogP contribution < -0.4 is 16.0 Å². The third-order valence-corrected chi connectivity index (χ3v) is 3.37. The molecule has 29 heavy (non-hydrogen) atoms. The zero-order valence-electron chi connectivity index (χ0n) is 14.8. The zero-order valence-corrected chi connectivity index (χ0v) is 14.8. The van der Waals surface area contributed by atoms with E-state index in [-0.39, 0.29) is 18.7 Å². The van der Waals surface area contributed by atoms with E-state index in [1.54, 1.807) is 29.6 Å². The van der Waals surface area contributed by atoms with E-state index >= 15 is 0 Å². The van der Waals surface area contributed by atoms with Crippen molar-refractivity contribution in [1.82, 2.24) is 26.1 Å². The Morgan fingerprint density at radius 1 is 1.10 bits per heavy atom. The molecule has 10 nitrogen and oxygen atoms in total. The minimum Gasteiger partial charge on any atom is -0.456 e. The highest BCUT2D eigenvalue weighted by atomic mass is 19.4. The first-order valence-corrected chi connectivity index (χ1v) is 8.17. The van der Waals surface area contributed by atoms with Gasteiger partial charge in [-0.15, -0.1) is 0 Å². The summed E-state index contributed by atoms with van der Waals surface area (Å²) in [6.07, 6.45) is -4.90. The van der Waals surface area contributed by atoms with Gasteiger partial charge in [-0.2, -0.15) is 18.3 Å². The molecule has 0 bridgehead atoms. The number of hydrogen-bond donors (Lipinski definition) is 4. The van der Waals surface area contributed by atoms with Gasteiger partial charge in [-0.3, -0.25) is 24.8 Å². The Morgan fingerprint density at radius 3 is 2.55 bits per heavy atom. The zero-order chi connectivity index (χ0) is 21.4. The molecular formula is C16H16F3N5O5. The number of nitrogens with zero attached hydrogens (tertiary/aromatic N) is 1. The smallest absolute Gasteiger partial charge is 0.405 e. The Kier molecular flexibility index (Phi) is 7.11. The maximum Gasteiger partial charge on any atom is 0.405 e. The molecule has 0 aliphatic heterocycles. The van der Waals surface area contributed by atoms with Crippen LogP contribution in [-0.2, 0) is 14.3 Å². The van der Waals surface area contributed by atoms with Crippen LogP contribution in [0.5, 0.6) is 0 Å². The van der Waals surface area contributed by atoms with Crippen molar-refractivity contribution in [2.24, 2.45) is 0 Å². The number of nitrogens with one attached hydrogen (secondary N) is 4. The summed E-state index contributed by atoms with van der Waals surface area (Å²) in [5.74, 6) is -2.48. The van der Waals surface area contributed by atoms with E-state index in [1.807, 2.05) is 0 Å². The van der Waals surface area contributed by atoms with Gasteiger partial charge in [-0.25, -0.2) is 4.79 Å². The Hall–Kier alpha value is -3.64. The molecule has 1 heterocycles. The van der Waals surface area contributed by atoms with Gasteiger partial charge in [0.25, 0.3) is 11.8 Å². The molecule has 0 atom stereocenters. The molecule has 0 saturated carbocycles. The molecular weight excluding hydrogens is 399 g/mol. The van der Waals surface area contributed by atoms with Crippen LogP contribution in [0.3, 0.4) is 0 Å². The molecule has 4 amide bonds. The Balaban J connectivity index is 1.66. The lowest BCUT2D eigenvalue weighted by molar-refractivity contribution is -0.148. The number of rotatable bonds is 7. The lowest BCUT2D eigenvalue weighted by Gasteiger charge is -2.09. The van der Waals surface area contributed by atoms with E-state index in [2.05, 4.69) is 20.3 Å². The first-order valence-electron chi connectivity index (χ1n) is 8.17. The summed E-state index contributed by atoms with van der Waals surface area (Å²) in [4.78, 5) is 46.0. The largest absolute Gasteiger partial charge is 0.456 e. The summed E-state index contributed by atoms with van der Waals surface area (Å²) in [6.45, 7) is -2.58. The molecule has 0 aliphatic carbocycles. The van der Waals surface area contributed by atoms with Gasteiger partial charge in [0.1, 0.15) is 6.54 Å². The Bertz CT molecular complexity index is 912. The predicted molar refractivity (Wildman–Crippen MR) is 91.6 cm³/mol. The molecule has 0 spiro atoms. The molecule has 2 rings (SSSR count). The number of H-pyrrole nitrogens is 1. The minimum absolute atomic E-state index is 0.105. The summed E-state index contributed by atoms with van der Waals surface area (Å²) >= 11 is 0. The number of amides is 4. The van der Waals surface area contributed by atoms with Crippen LogP contribution in [0.1, 0.15) is 16.9 Å². The maximum absolute atomic E-state index is 12.1. The molecule has 156 valence electrons. The highest BCUT2D eigenvalue weighted by Gasteiger charge is 2.28. The summed E-state index contributed by atoms with van der Waals surface area (Å²) in [5, 5.41) is 12.6. The Labute approximate surface area is 161 Å². The minimum atomic E-state index is -4.63. The van der Waals surface area contributed by atoms with Gasteiger partial charge in [-0.05, 0) is 6.07 Å². The first-order chi connectivity index (χ1) is 13.7. The number of hydrogen-bond acceptors (Lipinski definition) is 6. The number of aromatic nitrogens is 2. The van der Waals surface area contributed by atoms with Crippen LogP contribution in [0.4, 0.5) is 18.0 Å². The molecule has 0 aliphatic rings. The highest BCUT2D eigenvalue weighted by Crippen LogP contribution is 2.14. The second-order valence-electron chi connectivity index (χ2n) is 5.63. The van der Waals surface area contributed by atoms with E-state index in [9.17, 15) is 32.3 Å². The van der Waals surface area contributed by atoms with Crippen LogP contribution in [0.2, 0.25) is 0 Å². The number of halogens is 3. The van der Waals surface area contributed by atoms with Gasteiger partial charge in [-0.1, -0.05) is 18.2 Å². The van der Waals surface area contributed by atoms with Crippen molar-refractivity contribution < 1.29 is 37.1 Å². The molecule has 1 aromatic heterocycles. The number of fused-ring (bicyclic) bond motifs is 1. The number of aromatic amines is 1. The second kappa shape index (κ2) is 9.52. The maximum atomic E-state index is 12.1. The summed E-state index contributed by atoms with van der Waals surface area (Å²) < 4.78 is 40.3. The van der Waals surface area contributed by atoms with Crippen molar-refractivity contribution in [3.05, 3.63) is 30.0 Å².